The zero-order valence-electron chi connectivity index (χ0n) is 10.8. The zero-order chi connectivity index (χ0) is 13.9. The Bertz CT molecular complexity index is 533. The van der Waals surface area contributed by atoms with E-state index in [-0.39, 0.29) is 10.9 Å². The van der Waals surface area contributed by atoms with E-state index in [1.54, 1.807) is 11.8 Å². The minimum absolute atomic E-state index is 0.0884. The molecular formula is C13H18FNO2S2. The molecule has 1 aliphatic rings. The second-order valence-electron chi connectivity index (χ2n) is 4.58. The topological polar surface area (TPSA) is 46.2 Å². The monoisotopic (exact) mass is 303 g/mol. The van der Waals surface area contributed by atoms with Gasteiger partial charge in [0.05, 0.1) is 0 Å². The molecule has 2 unspecified atom stereocenters. The third-order valence-electron chi connectivity index (χ3n) is 3.27. The van der Waals surface area contributed by atoms with Crippen molar-refractivity contribution in [2.75, 3.05) is 5.75 Å². The SMILES string of the molecule is CCSC1CCCC1NS(=O)(=O)c1ccccc1F. The van der Waals surface area contributed by atoms with Crippen LogP contribution in [0.15, 0.2) is 29.2 Å². The van der Waals surface area contributed by atoms with Gasteiger partial charge < -0.3 is 0 Å². The van der Waals surface area contributed by atoms with Crippen LogP contribution >= 0.6 is 11.8 Å². The van der Waals surface area contributed by atoms with Gasteiger partial charge in [-0.3, -0.25) is 0 Å². The number of hydrogen-bond acceptors (Lipinski definition) is 3. The Labute approximate surface area is 118 Å². The maximum Gasteiger partial charge on any atom is 0.243 e. The Hall–Kier alpha value is -0.590. The molecule has 0 bridgehead atoms. The molecule has 1 N–H and O–H groups in total. The van der Waals surface area contributed by atoms with E-state index in [1.807, 2.05) is 0 Å². The molecule has 0 aromatic heterocycles. The van der Waals surface area contributed by atoms with Crippen molar-refractivity contribution in [1.29, 1.82) is 0 Å². The van der Waals surface area contributed by atoms with Crippen molar-refractivity contribution in [1.82, 2.24) is 4.72 Å². The molecule has 106 valence electrons. The molecule has 0 saturated heterocycles. The van der Waals surface area contributed by atoms with Crippen molar-refractivity contribution in [2.45, 2.75) is 42.4 Å². The first-order chi connectivity index (χ1) is 9.04. The second-order valence-corrected chi connectivity index (χ2v) is 7.78. The number of halogens is 1. The highest BCUT2D eigenvalue weighted by molar-refractivity contribution is 8.00. The summed E-state index contributed by atoms with van der Waals surface area (Å²) in [7, 11) is -3.76. The number of thioether (sulfide) groups is 1. The van der Waals surface area contributed by atoms with Crippen LogP contribution in [-0.4, -0.2) is 25.5 Å². The van der Waals surface area contributed by atoms with Crippen LogP contribution in [0.4, 0.5) is 4.39 Å². The predicted molar refractivity (Wildman–Crippen MR) is 76.3 cm³/mol. The van der Waals surface area contributed by atoms with E-state index in [0.717, 1.165) is 25.0 Å². The van der Waals surface area contributed by atoms with E-state index in [2.05, 4.69) is 11.6 Å². The highest BCUT2D eigenvalue weighted by Crippen LogP contribution is 2.31. The smallest absolute Gasteiger partial charge is 0.207 e. The number of nitrogens with one attached hydrogen (secondary N) is 1. The summed E-state index contributed by atoms with van der Waals surface area (Å²) >= 11 is 1.77. The van der Waals surface area contributed by atoms with Gasteiger partial charge in [0.1, 0.15) is 10.7 Å². The highest BCUT2D eigenvalue weighted by Gasteiger charge is 2.32. The number of sulfonamides is 1. The van der Waals surface area contributed by atoms with E-state index in [0.29, 0.717) is 5.25 Å². The van der Waals surface area contributed by atoms with Crippen molar-refractivity contribution < 1.29 is 12.8 Å². The molecule has 1 aromatic rings. The molecular weight excluding hydrogens is 285 g/mol. The van der Waals surface area contributed by atoms with Gasteiger partial charge in [-0.15, -0.1) is 0 Å². The molecule has 0 heterocycles. The lowest BCUT2D eigenvalue weighted by Crippen LogP contribution is -2.39. The molecule has 3 nitrogen and oxygen atoms in total. The summed E-state index contributed by atoms with van der Waals surface area (Å²) < 4.78 is 40.6. The third-order valence-corrected chi connectivity index (χ3v) is 6.11. The average Bonchev–Trinajstić information content (AvgIpc) is 2.77. The van der Waals surface area contributed by atoms with E-state index >= 15 is 0 Å². The predicted octanol–water partition coefficient (Wildman–Crippen LogP) is 2.78. The van der Waals surface area contributed by atoms with Crippen molar-refractivity contribution in [3.8, 4) is 0 Å². The van der Waals surface area contributed by atoms with Crippen molar-refractivity contribution in [2.24, 2.45) is 0 Å². The number of hydrogen-bond donors (Lipinski definition) is 1. The van der Waals surface area contributed by atoms with Crippen LogP contribution in [0.5, 0.6) is 0 Å². The van der Waals surface area contributed by atoms with Crippen LogP contribution in [0.3, 0.4) is 0 Å². The fraction of sp³-hybridized carbons (Fsp3) is 0.538. The second kappa shape index (κ2) is 6.24. The van der Waals surface area contributed by atoms with Crippen LogP contribution in [-0.2, 0) is 10.0 Å². The fourth-order valence-electron chi connectivity index (χ4n) is 2.40. The standard InChI is InChI=1S/C13H18FNO2S2/c1-2-18-12-8-5-7-11(12)15-19(16,17)13-9-4-3-6-10(13)14/h3-4,6,9,11-12,15H,2,5,7-8H2,1H3. The van der Waals surface area contributed by atoms with Crippen molar-refractivity contribution in [3.05, 3.63) is 30.1 Å². The van der Waals surface area contributed by atoms with Gasteiger partial charge in [0, 0.05) is 11.3 Å². The average molecular weight is 303 g/mol. The molecule has 0 amide bonds. The maximum atomic E-state index is 13.6. The van der Waals surface area contributed by atoms with Gasteiger partial charge in [0.25, 0.3) is 0 Å². The fourth-order valence-corrected chi connectivity index (χ4v) is 5.07. The van der Waals surface area contributed by atoms with Crippen LogP contribution in [0.25, 0.3) is 0 Å². The Morgan fingerprint density at radius 3 is 2.79 bits per heavy atom. The quantitative estimate of drug-likeness (QED) is 0.910. The van der Waals surface area contributed by atoms with Crippen LogP contribution in [0.1, 0.15) is 26.2 Å². The summed E-state index contributed by atoms with van der Waals surface area (Å²) in [6.45, 7) is 2.06. The number of rotatable bonds is 5. The zero-order valence-corrected chi connectivity index (χ0v) is 12.4. The molecule has 0 aliphatic heterocycles. The third kappa shape index (κ3) is 3.49. The summed E-state index contributed by atoms with van der Waals surface area (Å²) in [4.78, 5) is -0.262. The van der Waals surface area contributed by atoms with E-state index in [1.165, 1.54) is 24.3 Å². The van der Waals surface area contributed by atoms with Crippen LogP contribution in [0, 0.1) is 5.82 Å². The maximum absolute atomic E-state index is 13.6. The van der Waals surface area contributed by atoms with Gasteiger partial charge in [-0.1, -0.05) is 25.5 Å². The van der Waals surface area contributed by atoms with Gasteiger partial charge in [0.2, 0.25) is 10.0 Å². The Morgan fingerprint density at radius 1 is 1.37 bits per heavy atom. The Morgan fingerprint density at radius 2 is 2.11 bits per heavy atom. The molecule has 0 radical (unpaired) electrons. The van der Waals surface area contributed by atoms with Gasteiger partial charge in [-0.05, 0) is 30.7 Å². The largest absolute Gasteiger partial charge is 0.243 e. The summed E-state index contributed by atoms with van der Waals surface area (Å²) in [5.74, 6) is 0.260. The normalized spacial score (nSPS) is 23.7. The molecule has 2 atom stereocenters. The van der Waals surface area contributed by atoms with Gasteiger partial charge in [0.15, 0.2) is 0 Å². The lowest BCUT2D eigenvalue weighted by atomic mass is 10.3. The van der Waals surface area contributed by atoms with Gasteiger partial charge in [-0.25, -0.2) is 17.5 Å². The van der Waals surface area contributed by atoms with Crippen LogP contribution in [0.2, 0.25) is 0 Å². The summed E-state index contributed by atoms with van der Waals surface area (Å²) in [6.07, 6.45) is 2.86. The van der Waals surface area contributed by atoms with E-state index in [9.17, 15) is 12.8 Å². The van der Waals surface area contributed by atoms with Gasteiger partial charge >= 0.3 is 0 Å². The molecule has 1 aliphatic carbocycles. The lowest BCUT2D eigenvalue weighted by Gasteiger charge is -2.20. The molecule has 19 heavy (non-hydrogen) atoms. The van der Waals surface area contributed by atoms with Crippen LogP contribution < -0.4 is 4.72 Å². The minimum Gasteiger partial charge on any atom is -0.207 e. The molecule has 1 saturated carbocycles. The summed E-state index contributed by atoms with van der Waals surface area (Å²) in [5, 5.41) is 0.298. The van der Waals surface area contributed by atoms with Gasteiger partial charge in [-0.2, -0.15) is 11.8 Å². The van der Waals surface area contributed by atoms with E-state index < -0.39 is 15.8 Å². The molecule has 2 rings (SSSR count). The molecule has 0 spiro atoms. The first-order valence-electron chi connectivity index (χ1n) is 6.43. The first-order valence-corrected chi connectivity index (χ1v) is 8.96. The Balaban J connectivity index is 2.16. The Kier molecular flexibility index (Phi) is 4.86. The highest BCUT2D eigenvalue weighted by atomic mass is 32.2. The summed E-state index contributed by atoms with van der Waals surface area (Å²) in [6, 6.07) is 5.40. The van der Waals surface area contributed by atoms with Crippen molar-refractivity contribution >= 4 is 21.8 Å². The number of benzene rings is 1. The molecule has 6 heteroatoms. The minimum atomic E-state index is -3.76. The summed E-state index contributed by atoms with van der Waals surface area (Å²) in [5.41, 5.74) is 0. The first kappa shape index (κ1) is 14.8. The lowest BCUT2D eigenvalue weighted by molar-refractivity contribution is 0.539. The molecule has 1 aromatic carbocycles. The van der Waals surface area contributed by atoms with Crippen molar-refractivity contribution in [3.63, 3.8) is 0 Å². The van der Waals surface area contributed by atoms with E-state index in [4.69, 9.17) is 0 Å². The molecule has 1 fully saturated rings.